The highest BCUT2D eigenvalue weighted by atomic mass is 16.5. The molecule has 0 aliphatic rings. The largest absolute Gasteiger partial charge is 0.465 e. The Balaban J connectivity index is 2.74. The molecule has 0 heterocycles. The molecule has 1 rings (SSSR count). The number of carbonyl (C=O) groups is 1. The van der Waals surface area contributed by atoms with Crippen molar-refractivity contribution in [2.24, 2.45) is 5.92 Å². The highest BCUT2D eigenvalue weighted by Crippen LogP contribution is 2.21. The maximum atomic E-state index is 11.2. The number of hydrogen-bond donors (Lipinski definition) is 1. The van der Waals surface area contributed by atoms with E-state index in [1.54, 1.807) is 24.3 Å². The molecule has 1 aromatic carbocycles. The number of methoxy groups -OCH3 is 1. The molecule has 0 fully saturated rings. The van der Waals surface area contributed by atoms with Gasteiger partial charge in [0.15, 0.2) is 0 Å². The zero-order valence-corrected chi connectivity index (χ0v) is 9.93. The molecule has 0 spiro atoms. The molecule has 0 saturated carbocycles. The zero-order chi connectivity index (χ0) is 12.1. The lowest BCUT2D eigenvalue weighted by molar-refractivity contribution is 0.0600. The lowest BCUT2D eigenvalue weighted by Crippen LogP contribution is -2.04. The summed E-state index contributed by atoms with van der Waals surface area (Å²) in [6.07, 6.45) is 0.254. The second-order valence-corrected chi connectivity index (χ2v) is 4.26. The van der Waals surface area contributed by atoms with Gasteiger partial charge >= 0.3 is 5.97 Å². The highest BCUT2D eigenvalue weighted by molar-refractivity contribution is 5.89. The van der Waals surface area contributed by atoms with Crippen molar-refractivity contribution in [3.8, 4) is 0 Å². The van der Waals surface area contributed by atoms with Crippen molar-refractivity contribution in [1.29, 1.82) is 0 Å². The van der Waals surface area contributed by atoms with E-state index in [2.05, 4.69) is 18.6 Å². The minimum Gasteiger partial charge on any atom is -0.465 e. The molecule has 0 saturated heterocycles. The van der Waals surface area contributed by atoms with Gasteiger partial charge in [-0.25, -0.2) is 4.79 Å². The fourth-order valence-electron chi connectivity index (χ4n) is 1.54. The van der Waals surface area contributed by atoms with Gasteiger partial charge in [0.25, 0.3) is 0 Å². The van der Waals surface area contributed by atoms with Crippen molar-refractivity contribution in [1.82, 2.24) is 0 Å². The van der Waals surface area contributed by atoms with Crippen LogP contribution < -0.4 is 0 Å². The summed E-state index contributed by atoms with van der Waals surface area (Å²) in [6, 6.07) is 6.87. The molecule has 0 unspecified atom stereocenters. The Morgan fingerprint density at radius 2 is 1.88 bits per heavy atom. The molecule has 3 heteroatoms. The molecule has 1 atom stereocenters. The molecule has 0 aliphatic heterocycles. The predicted octanol–water partition coefficient (Wildman–Crippen LogP) is 2.55. The van der Waals surface area contributed by atoms with Crippen LogP contribution in [0.2, 0.25) is 0 Å². The van der Waals surface area contributed by atoms with Crippen LogP contribution in [0.1, 0.15) is 42.3 Å². The molecular weight excluding hydrogens is 204 g/mol. The van der Waals surface area contributed by atoms with Crippen LogP contribution >= 0.6 is 0 Å². The summed E-state index contributed by atoms with van der Waals surface area (Å²) in [4.78, 5) is 11.2. The third kappa shape index (κ3) is 3.35. The first kappa shape index (κ1) is 12.7. The second-order valence-electron chi connectivity index (χ2n) is 4.26. The van der Waals surface area contributed by atoms with E-state index in [-0.39, 0.29) is 5.97 Å². The van der Waals surface area contributed by atoms with Crippen LogP contribution in [0.5, 0.6) is 0 Å². The number of rotatable bonds is 4. The standard InChI is InChI=1S/C13H18O3/c1-9(2)8-12(14)10-4-6-11(7-5-10)13(15)16-3/h4-7,9,12,14H,8H2,1-3H3/t12-/m0/s1. The van der Waals surface area contributed by atoms with Gasteiger partial charge in [-0.05, 0) is 30.0 Å². The van der Waals surface area contributed by atoms with Gasteiger partial charge in [-0.2, -0.15) is 0 Å². The van der Waals surface area contributed by atoms with Gasteiger partial charge in [-0.1, -0.05) is 26.0 Å². The minimum absolute atomic E-state index is 0.357. The maximum absolute atomic E-state index is 11.2. The van der Waals surface area contributed by atoms with E-state index in [1.165, 1.54) is 7.11 Å². The molecule has 3 nitrogen and oxygen atoms in total. The van der Waals surface area contributed by atoms with Gasteiger partial charge in [-0.3, -0.25) is 0 Å². The number of aliphatic hydroxyl groups excluding tert-OH is 1. The smallest absolute Gasteiger partial charge is 0.337 e. The van der Waals surface area contributed by atoms with E-state index in [9.17, 15) is 9.90 Å². The molecule has 0 aromatic heterocycles. The average Bonchev–Trinajstić information content (AvgIpc) is 2.27. The first-order valence-corrected chi connectivity index (χ1v) is 5.41. The molecule has 0 aliphatic carbocycles. The Morgan fingerprint density at radius 3 is 2.31 bits per heavy atom. The van der Waals surface area contributed by atoms with Gasteiger partial charge in [0, 0.05) is 0 Å². The summed E-state index contributed by atoms with van der Waals surface area (Å²) in [5, 5.41) is 9.86. The summed E-state index contributed by atoms with van der Waals surface area (Å²) < 4.78 is 4.60. The number of hydrogen-bond acceptors (Lipinski definition) is 3. The van der Waals surface area contributed by atoms with Gasteiger partial charge in [-0.15, -0.1) is 0 Å². The molecular formula is C13H18O3. The van der Waals surface area contributed by atoms with Crippen molar-refractivity contribution in [3.05, 3.63) is 35.4 Å². The number of ether oxygens (including phenoxy) is 1. The SMILES string of the molecule is COC(=O)c1ccc([C@@H](O)CC(C)C)cc1. The number of benzene rings is 1. The molecule has 0 bridgehead atoms. The maximum Gasteiger partial charge on any atom is 0.337 e. The van der Waals surface area contributed by atoms with E-state index >= 15 is 0 Å². The Hall–Kier alpha value is -1.35. The van der Waals surface area contributed by atoms with Crippen molar-refractivity contribution in [2.45, 2.75) is 26.4 Å². The minimum atomic E-state index is -0.466. The average molecular weight is 222 g/mol. The molecule has 1 aromatic rings. The fraction of sp³-hybridized carbons (Fsp3) is 0.462. The van der Waals surface area contributed by atoms with E-state index in [0.29, 0.717) is 11.5 Å². The van der Waals surface area contributed by atoms with E-state index in [1.807, 2.05) is 0 Å². The number of esters is 1. The van der Waals surface area contributed by atoms with Crippen LogP contribution in [-0.4, -0.2) is 18.2 Å². The lowest BCUT2D eigenvalue weighted by atomic mass is 9.99. The Labute approximate surface area is 96.1 Å². The summed E-state index contributed by atoms with van der Waals surface area (Å²) in [5.74, 6) is 0.0835. The monoisotopic (exact) mass is 222 g/mol. The lowest BCUT2D eigenvalue weighted by Gasteiger charge is -2.13. The first-order chi connectivity index (χ1) is 7.54. The van der Waals surface area contributed by atoms with Crippen LogP contribution in [0.15, 0.2) is 24.3 Å². The normalized spacial score (nSPS) is 12.6. The predicted molar refractivity (Wildman–Crippen MR) is 62.2 cm³/mol. The van der Waals surface area contributed by atoms with Crippen LogP contribution in [0.4, 0.5) is 0 Å². The first-order valence-electron chi connectivity index (χ1n) is 5.41. The van der Waals surface area contributed by atoms with Crippen molar-refractivity contribution < 1.29 is 14.6 Å². The molecule has 88 valence electrons. The molecule has 0 amide bonds. The summed E-state index contributed by atoms with van der Waals surface area (Å²) in [6.45, 7) is 4.12. The van der Waals surface area contributed by atoms with Gasteiger partial charge in [0.1, 0.15) is 0 Å². The molecule has 16 heavy (non-hydrogen) atoms. The number of carbonyl (C=O) groups excluding carboxylic acids is 1. The van der Waals surface area contributed by atoms with Crippen molar-refractivity contribution in [3.63, 3.8) is 0 Å². The van der Waals surface area contributed by atoms with Crippen molar-refractivity contribution >= 4 is 5.97 Å². The van der Waals surface area contributed by atoms with Crippen LogP contribution in [-0.2, 0) is 4.74 Å². The highest BCUT2D eigenvalue weighted by Gasteiger charge is 2.11. The summed E-state index contributed by atoms with van der Waals surface area (Å²) in [5.41, 5.74) is 1.34. The topological polar surface area (TPSA) is 46.5 Å². The van der Waals surface area contributed by atoms with Gasteiger partial charge in [0.2, 0.25) is 0 Å². The molecule has 0 radical (unpaired) electrons. The quantitative estimate of drug-likeness (QED) is 0.796. The summed E-state index contributed by atoms with van der Waals surface area (Å²) in [7, 11) is 1.35. The third-order valence-corrected chi connectivity index (χ3v) is 2.41. The van der Waals surface area contributed by atoms with Crippen LogP contribution in [0.3, 0.4) is 0 Å². The molecule has 1 N–H and O–H groups in total. The van der Waals surface area contributed by atoms with Crippen molar-refractivity contribution in [2.75, 3.05) is 7.11 Å². The number of aliphatic hydroxyl groups is 1. The van der Waals surface area contributed by atoms with Gasteiger partial charge < -0.3 is 9.84 Å². The Bertz CT molecular complexity index is 341. The van der Waals surface area contributed by atoms with E-state index < -0.39 is 6.10 Å². The zero-order valence-electron chi connectivity index (χ0n) is 9.93. The Morgan fingerprint density at radius 1 is 1.31 bits per heavy atom. The third-order valence-electron chi connectivity index (χ3n) is 2.41. The van der Waals surface area contributed by atoms with E-state index in [4.69, 9.17) is 0 Å². The van der Waals surface area contributed by atoms with Crippen LogP contribution in [0, 0.1) is 5.92 Å². The van der Waals surface area contributed by atoms with Gasteiger partial charge in [0.05, 0.1) is 18.8 Å². The van der Waals surface area contributed by atoms with E-state index in [0.717, 1.165) is 12.0 Å². The summed E-state index contributed by atoms with van der Waals surface area (Å²) >= 11 is 0. The second kappa shape index (κ2) is 5.66. The fourth-order valence-corrected chi connectivity index (χ4v) is 1.54. The Kier molecular flexibility index (Phi) is 4.50. The van der Waals surface area contributed by atoms with Crippen LogP contribution in [0.25, 0.3) is 0 Å².